The fourth-order valence-electron chi connectivity index (χ4n) is 1.15. The van der Waals surface area contributed by atoms with Crippen molar-refractivity contribution in [1.29, 1.82) is 0 Å². The van der Waals surface area contributed by atoms with Gasteiger partial charge in [0.05, 0.1) is 25.9 Å². The molecule has 0 radical (unpaired) electrons. The minimum Gasteiger partial charge on any atom is -0.378 e. The molecule has 0 bridgehead atoms. The monoisotopic (exact) mass is 188 g/mol. The average molecular weight is 188 g/mol. The Balaban J connectivity index is 2.18. The lowest BCUT2D eigenvalue weighted by Crippen LogP contribution is -2.41. The van der Waals surface area contributed by atoms with Crippen LogP contribution < -0.4 is 0 Å². The van der Waals surface area contributed by atoms with Crippen LogP contribution in [0, 0.1) is 5.92 Å². The summed E-state index contributed by atoms with van der Waals surface area (Å²) in [5, 5.41) is 0. The maximum atomic E-state index is 5.51. The van der Waals surface area contributed by atoms with Crippen molar-refractivity contribution in [3.8, 4) is 0 Å². The highest BCUT2D eigenvalue weighted by Gasteiger charge is 2.28. The van der Waals surface area contributed by atoms with Gasteiger partial charge in [0.2, 0.25) is 0 Å². The number of rotatable bonds is 3. The van der Waals surface area contributed by atoms with Crippen LogP contribution in [0.15, 0.2) is 0 Å². The van der Waals surface area contributed by atoms with Crippen LogP contribution in [0.4, 0.5) is 0 Å². The number of hydrogen-bond donors (Lipinski definition) is 0. The largest absolute Gasteiger partial charge is 0.378 e. The molecular formula is C10H20O3. The van der Waals surface area contributed by atoms with Gasteiger partial charge >= 0.3 is 0 Å². The predicted octanol–water partition coefficient (Wildman–Crippen LogP) is 1.81. The average Bonchev–Trinajstić information content (AvgIpc) is 2.02. The Morgan fingerprint density at radius 2 is 1.85 bits per heavy atom. The van der Waals surface area contributed by atoms with Crippen molar-refractivity contribution < 1.29 is 14.2 Å². The van der Waals surface area contributed by atoms with Crippen LogP contribution in [-0.2, 0) is 14.2 Å². The standard InChI is InChI=1S/C10H20O3/c1-8(2)11-5-9-6-12-10(3,4)13-7-9/h8-9H,5-7H2,1-4H3. The molecule has 0 atom stereocenters. The molecule has 0 aromatic carbocycles. The number of ether oxygens (including phenoxy) is 3. The topological polar surface area (TPSA) is 27.7 Å². The van der Waals surface area contributed by atoms with Gasteiger partial charge in [-0.2, -0.15) is 0 Å². The van der Waals surface area contributed by atoms with E-state index in [9.17, 15) is 0 Å². The maximum absolute atomic E-state index is 5.51. The Labute approximate surface area is 80.4 Å². The molecule has 0 spiro atoms. The second-order valence-electron chi connectivity index (χ2n) is 4.27. The van der Waals surface area contributed by atoms with E-state index in [1.807, 2.05) is 27.7 Å². The fraction of sp³-hybridized carbons (Fsp3) is 1.00. The number of hydrogen-bond acceptors (Lipinski definition) is 3. The fourth-order valence-corrected chi connectivity index (χ4v) is 1.15. The van der Waals surface area contributed by atoms with Crippen molar-refractivity contribution in [3.05, 3.63) is 0 Å². The van der Waals surface area contributed by atoms with Gasteiger partial charge in [0, 0.05) is 5.92 Å². The summed E-state index contributed by atoms with van der Waals surface area (Å²) < 4.78 is 16.5. The predicted molar refractivity (Wildman–Crippen MR) is 50.6 cm³/mol. The van der Waals surface area contributed by atoms with Gasteiger partial charge in [-0.3, -0.25) is 0 Å². The second kappa shape index (κ2) is 4.40. The Morgan fingerprint density at radius 1 is 1.31 bits per heavy atom. The highest BCUT2D eigenvalue weighted by molar-refractivity contribution is 4.67. The van der Waals surface area contributed by atoms with Crippen LogP contribution in [-0.4, -0.2) is 31.7 Å². The van der Waals surface area contributed by atoms with Crippen LogP contribution in [0.1, 0.15) is 27.7 Å². The van der Waals surface area contributed by atoms with Gasteiger partial charge in [0.15, 0.2) is 5.79 Å². The molecule has 13 heavy (non-hydrogen) atoms. The molecule has 1 aliphatic rings. The lowest BCUT2D eigenvalue weighted by Gasteiger charge is -2.35. The van der Waals surface area contributed by atoms with Gasteiger partial charge in [0.1, 0.15) is 0 Å². The van der Waals surface area contributed by atoms with Crippen LogP contribution >= 0.6 is 0 Å². The first-order valence-electron chi connectivity index (χ1n) is 4.89. The van der Waals surface area contributed by atoms with Gasteiger partial charge in [-0.1, -0.05) is 0 Å². The van der Waals surface area contributed by atoms with Crippen molar-refractivity contribution in [1.82, 2.24) is 0 Å². The Morgan fingerprint density at radius 3 is 2.31 bits per heavy atom. The zero-order valence-electron chi connectivity index (χ0n) is 9.00. The quantitative estimate of drug-likeness (QED) is 0.676. The van der Waals surface area contributed by atoms with E-state index in [1.54, 1.807) is 0 Å². The van der Waals surface area contributed by atoms with Gasteiger partial charge in [0.25, 0.3) is 0 Å². The third kappa shape index (κ3) is 4.07. The van der Waals surface area contributed by atoms with Crippen molar-refractivity contribution >= 4 is 0 Å². The molecule has 1 saturated heterocycles. The first kappa shape index (κ1) is 11.0. The molecule has 0 aromatic heterocycles. The Kier molecular flexibility index (Phi) is 3.71. The van der Waals surface area contributed by atoms with Gasteiger partial charge in [-0.25, -0.2) is 0 Å². The van der Waals surface area contributed by atoms with Crippen molar-refractivity contribution in [2.24, 2.45) is 5.92 Å². The molecule has 0 unspecified atom stereocenters. The lowest BCUT2D eigenvalue weighted by molar-refractivity contribution is -0.267. The summed E-state index contributed by atoms with van der Waals surface area (Å²) in [6.45, 7) is 10.1. The molecular weight excluding hydrogens is 168 g/mol. The minimum atomic E-state index is -0.408. The first-order chi connectivity index (χ1) is 5.99. The summed E-state index contributed by atoms with van der Waals surface area (Å²) in [5.74, 6) is -0.0237. The summed E-state index contributed by atoms with van der Waals surface area (Å²) in [4.78, 5) is 0. The molecule has 3 nitrogen and oxygen atoms in total. The Bertz CT molecular complexity index is 141. The van der Waals surface area contributed by atoms with Gasteiger partial charge in [-0.15, -0.1) is 0 Å². The highest BCUT2D eigenvalue weighted by atomic mass is 16.7. The van der Waals surface area contributed by atoms with E-state index in [2.05, 4.69) is 0 Å². The molecule has 1 rings (SSSR count). The van der Waals surface area contributed by atoms with E-state index in [4.69, 9.17) is 14.2 Å². The van der Waals surface area contributed by atoms with Gasteiger partial charge in [-0.05, 0) is 27.7 Å². The smallest absolute Gasteiger partial charge is 0.162 e. The molecule has 1 heterocycles. The zero-order chi connectivity index (χ0) is 9.90. The van der Waals surface area contributed by atoms with Crippen LogP contribution in [0.3, 0.4) is 0 Å². The molecule has 0 saturated carbocycles. The highest BCUT2D eigenvalue weighted by Crippen LogP contribution is 2.20. The van der Waals surface area contributed by atoms with Crippen molar-refractivity contribution in [2.45, 2.75) is 39.6 Å². The molecule has 1 fully saturated rings. The zero-order valence-corrected chi connectivity index (χ0v) is 9.00. The van der Waals surface area contributed by atoms with E-state index < -0.39 is 5.79 Å². The third-order valence-electron chi connectivity index (χ3n) is 2.00. The van der Waals surface area contributed by atoms with E-state index in [0.29, 0.717) is 5.92 Å². The van der Waals surface area contributed by atoms with Gasteiger partial charge < -0.3 is 14.2 Å². The summed E-state index contributed by atoms with van der Waals surface area (Å²) in [5.41, 5.74) is 0. The summed E-state index contributed by atoms with van der Waals surface area (Å²) >= 11 is 0. The molecule has 0 aliphatic carbocycles. The molecule has 0 amide bonds. The van der Waals surface area contributed by atoms with Crippen LogP contribution in [0.5, 0.6) is 0 Å². The maximum Gasteiger partial charge on any atom is 0.162 e. The third-order valence-corrected chi connectivity index (χ3v) is 2.00. The van der Waals surface area contributed by atoms with E-state index in [-0.39, 0.29) is 6.10 Å². The molecule has 78 valence electrons. The van der Waals surface area contributed by atoms with Crippen LogP contribution in [0.2, 0.25) is 0 Å². The van der Waals surface area contributed by atoms with Crippen molar-refractivity contribution in [3.63, 3.8) is 0 Å². The summed E-state index contributed by atoms with van der Waals surface area (Å²) in [7, 11) is 0. The second-order valence-corrected chi connectivity index (χ2v) is 4.27. The van der Waals surface area contributed by atoms with E-state index >= 15 is 0 Å². The molecule has 1 aliphatic heterocycles. The minimum absolute atomic E-state index is 0.287. The van der Waals surface area contributed by atoms with E-state index in [1.165, 1.54) is 0 Å². The first-order valence-corrected chi connectivity index (χ1v) is 4.89. The molecule has 0 aromatic rings. The van der Waals surface area contributed by atoms with Crippen molar-refractivity contribution in [2.75, 3.05) is 19.8 Å². The summed E-state index contributed by atoms with van der Waals surface area (Å²) in [6.07, 6.45) is 0.287. The lowest BCUT2D eigenvalue weighted by atomic mass is 10.1. The normalized spacial score (nSPS) is 23.8. The SMILES string of the molecule is CC(C)OCC1COC(C)(C)OC1. The molecule has 0 N–H and O–H groups in total. The van der Waals surface area contributed by atoms with Crippen LogP contribution in [0.25, 0.3) is 0 Å². The summed E-state index contributed by atoms with van der Waals surface area (Å²) in [6, 6.07) is 0. The van der Waals surface area contributed by atoms with E-state index in [0.717, 1.165) is 19.8 Å². The molecule has 3 heteroatoms. The Hall–Kier alpha value is -0.120.